The van der Waals surface area contributed by atoms with Gasteiger partial charge in [0.25, 0.3) is 0 Å². The van der Waals surface area contributed by atoms with Crippen LogP contribution in [0.25, 0.3) is 0 Å². The van der Waals surface area contributed by atoms with Crippen molar-refractivity contribution in [3.8, 4) is 5.75 Å². The third-order valence-electron chi connectivity index (χ3n) is 4.44. The van der Waals surface area contributed by atoms with E-state index in [1.54, 1.807) is 0 Å². The Morgan fingerprint density at radius 3 is 3.10 bits per heavy atom. The maximum Gasteiger partial charge on any atom is 0.122 e. The summed E-state index contributed by atoms with van der Waals surface area (Å²) in [4.78, 5) is 4.88. The molecular formula is C16H25N3O. The maximum absolute atomic E-state index is 5.55. The number of likely N-dealkylation sites (N-methyl/N-ethyl adjacent to an activating group) is 2. The summed E-state index contributed by atoms with van der Waals surface area (Å²) >= 11 is 0. The summed E-state index contributed by atoms with van der Waals surface area (Å²) in [5.41, 5.74) is 2.72. The standard InChI is InChI=1S/C16H25N3O/c1-18-6-7-19(2)15(12-18)11-17-10-13-3-4-16-14(9-13)5-8-20-16/h3-4,9,15,17H,5-8,10-12H2,1-2H3. The van der Waals surface area contributed by atoms with Gasteiger partial charge in [0.1, 0.15) is 5.75 Å². The molecule has 1 aromatic carbocycles. The number of hydrogen-bond acceptors (Lipinski definition) is 4. The summed E-state index contributed by atoms with van der Waals surface area (Å²) in [6.07, 6.45) is 1.05. The fraction of sp³-hybridized carbons (Fsp3) is 0.625. The first-order valence-corrected chi connectivity index (χ1v) is 7.56. The van der Waals surface area contributed by atoms with Crippen LogP contribution in [0.1, 0.15) is 11.1 Å². The second-order valence-corrected chi connectivity index (χ2v) is 6.07. The Morgan fingerprint density at radius 1 is 1.30 bits per heavy atom. The molecule has 2 heterocycles. The molecule has 0 spiro atoms. The molecule has 4 nitrogen and oxygen atoms in total. The number of nitrogens with one attached hydrogen (secondary N) is 1. The third-order valence-corrected chi connectivity index (χ3v) is 4.44. The summed E-state index contributed by atoms with van der Waals surface area (Å²) in [5, 5.41) is 3.60. The van der Waals surface area contributed by atoms with Gasteiger partial charge in [-0.15, -0.1) is 0 Å². The van der Waals surface area contributed by atoms with E-state index in [9.17, 15) is 0 Å². The molecule has 4 heteroatoms. The third kappa shape index (κ3) is 3.14. The van der Waals surface area contributed by atoms with Crippen molar-refractivity contribution in [1.82, 2.24) is 15.1 Å². The van der Waals surface area contributed by atoms with Crippen LogP contribution in [0.4, 0.5) is 0 Å². The molecule has 0 bridgehead atoms. The normalized spacial score (nSPS) is 23.6. The second-order valence-electron chi connectivity index (χ2n) is 6.07. The summed E-state index contributed by atoms with van der Waals surface area (Å²) in [6, 6.07) is 7.19. The van der Waals surface area contributed by atoms with Crippen molar-refractivity contribution in [3.05, 3.63) is 29.3 Å². The lowest BCUT2D eigenvalue weighted by Crippen LogP contribution is -2.53. The van der Waals surface area contributed by atoms with Gasteiger partial charge in [0, 0.05) is 45.2 Å². The SMILES string of the molecule is CN1CCN(C)C(CNCc2ccc3c(c2)CCO3)C1. The predicted octanol–water partition coefficient (Wildman–Crippen LogP) is 0.957. The Bertz CT molecular complexity index is 463. The molecule has 1 unspecified atom stereocenters. The van der Waals surface area contributed by atoms with Crippen molar-refractivity contribution in [2.75, 3.05) is 46.9 Å². The Hall–Kier alpha value is -1.10. The Morgan fingerprint density at radius 2 is 2.20 bits per heavy atom. The highest BCUT2D eigenvalue weighted by Crippen LogP contribution is 2.25. The molecule has 110 valence electrons. The number of ether oxygens (including phenoxy) is 1. The molecule has 2 aliphatic heterocycles. The van der Waals surface area contributed by atoms with E-state index in [4.69, 9.17) is 4.74 Å². The van der Waals surface area contributed by atoms with Crippen molar-refractivity contribution in [1.29, 1.82) is 0 Å². The quantitative estimate of drug-likeness (QED) is 0.886. The summed E-state index contributed by atoms with van der Waals surface area (Å²) < 4.78 is 5.55. The summed E-state index contributed by atoms with van der Waals surface area (Å²) in [6.45, 7) is 6.33. The molecular weight excluding hydrogens is 250 g/mol. The molecule has 1 N–H and O–H groups in total. The van der Waals surface area contributed by atoms with Crippen molar-refractivity contribution in [3.63, 3.8) is 0 Å². The summed E-state index contributed by atoms with van der Waals surface area (Å²) in [5.74, 6) is 1.07. The molecule has 3 rings (SSSR count). The minimum absolute atomic E-state index is 0.617. The highest BCUT2D eigenvalue weighted by molar-refractivity contribution is 5.39. The number of hydrogen-bond donors (Lipinski definition) is 1. The van der Waals surface area contributed by atoms with Crippen LogP contribution in [-0.4, -0.2) is 62.7 Å². The van der Waals surface area contributed by atoms with Crippen LogP contribution in [-0.2, 0) is 13.0 Å². The van der Waals surface area contributed by atoms with Gasteiger partial charge in [-0.2, -0.15) is 0 Å². The number of piperazine rings is 1. The van der Waals surface area contributed by atoms with E-state index in [1.807, 2.05) is 0 Å². The first kappa shape index (κ1) is 13.9. The zero-order valence-corrected chi connectivity index (χ0v) is 12.6. The number of rotatable bonds is 4. The highest BCUT2D eigenvalue weighted by atomic mass is 16.5. The molecule has 1 atom stereocenters. The van der Waals surface area contributed by atoms with E-state index < -0.39 is 0 Å². The average Bonchev–Trinajstić information content (AvgIpc) is 2.90. The van der Waals surface area contributed by atoms with E-state index in [1.165, 1.54) is 24.2 Å². The second kappa shape index (κ2) is 6.12. The van der Waals surface area contributed by atoms with Crippen LogP contribution in [0, 0.1) is 0 Å². The minimum Gasteiger partial charge on any atom is -0.493 e. The molecule has 1 saturated heterocycles. The fourth-order valence-electron chi connectivity index (χ4n) is 3.05. The van der Waals surface area contributed by atoms with Gasteiger partial charge >= 0.3 is 0 Å². The van der Waals surface area contributed by atoms with Gasteiger partial charge in [-0.05, 0) is 31.3 Å². The van der Waals surface area contributed by atoms with E-state index in [0.29, 0.717) is 6.04 Å². The Balaban J connectivity index is 1.50. The van der Waals surface area contributed by atoms with Crippen molar-refractivity contribution < 1.29 is 4.74 Å². The molecule has 0 saturated carbocycles. The molecule has 1 fully saturated rings. The Labute approximate surface area is 121 Å². The van der Waals surface area contributed by atoms with Gasteiger partial charge in [0.2, 0.25) is 0 Å². The van der Waals surface area contributed by atoms with Crippen LogP contribution in [0.15, 0.2) is 18.2 Å². The zero-order valence-electron chi connectivity index (χ0n) is 12.6. The molecule has 0 amide bonds. The van der Waals surface area contributed by atoms with Crippen LogP contribution < -0.4 is 10.1 Å². The average molecular weight is 275 g/mol. The van der Waals surface area contributed by atoms with Gasteiger partial charge in [-0.25, -0.2) is 0 Å². The topological polar surface area (TPSA) is 27.7 Å². The van der Waals surface area contributed by atoms with Crippen LogP contribution in [0.2, 0.25) is 0 Å². The monoisotopic (exact) mass is 275 g/mol. The van der Waals surface area contributed by atoms with Crippen LogP contribution in [0.3, 0.4) is 0 Å². The number of nitrogens with zero attached hydrogens (tertiary/aromatic N) is 2. The minimum atomic E-state index is 0.617. The highest BCUT2D eigenvalue weighted by Gasteiger charge is 2.21. The van der Waals surface area contributed by atoms with Gasteiger partial charge in [-0.3, -0.25) is 4.90 Å². The first-order valence-electron chi connectivity index (χ1n) is 7.56. The lowest BCUT2D eigenvalue weighted by Gasteiger charge is -2.37. The van der Waals surface area contributed by atoms with Gasteiger partial charge in [0.15, 0.2) is 0 Å². The number of benzene rings is 1. The molecule has 2 aliphatic rings. The molecule has 0 radical (unpaired) electrons. The van der Waals surface area contributed by atoms with Gasteiger partial charge in [0.05, 0.1) is 6.61 Å². The lowest BCUT2D eigenvalue weighted by atomic mass is 10.1. The predicted molar refractivity (Wildman–Crippen MR) is 81.3 cm³/mol. The number of fused-ring (bicyclic) bond motifs is 1. The van der Waals surface area contributed by atoms with Gasteiger partial charge < -0.3 is 15.0 Å². The van der Waals surface area contributed by atoms with Crippen molar-refractivity contribution in [2.45, 2.75) is 19.0 Å². The maximum atomic E-state index is 5.55. The van der Waals surface area contributed by atoms with E-state index in [-0.39, 0.29) is 0 Å². The molecule has 20 heavy (non-hydrogen) atoms. The lowest BCUT2D eigenvalue weighted by molar-refractivity contribution is 0.113. The van der Waals surface area contributed by atoms with E-state index in [2.05, 4.69) is 47.4 Å². The van der Waals surface area contributed by atoms with E-state index in [0.717, 1.165) is 38.4 Å². The fourth-order valence-corrected chi connectivity index (χ4v) is 3.05. The van der Waals surface area contributed by atoms with Crippen molar-refractivity contribution in [2.24, 2.45) is 0 Å². The van der Waals surface area contributed by atoms with Crippen LogP contribution in [0.5, 0.6) is 5.75 Å². The first-order chi connectivity index (χ1) is 9.72. The molecule has 0 aromatic heterocycles. The molecule has 1 aromatic rings. The van der Waals surface area contributed by atoms with Gasteiger partial charge in [-0.1, -0.05) is 12.1 Å². The Kier molecular flexibility index (Phi) is 4.24. The van der Waals surface area contributed by atoms with Crippen molar-refractivity contribution >= 4 is 0 Å². The molecule has 0 aliphatic carbocycles. The van der Waals surface area contributed by atoms with E-state index >= 15 is 0 Å². The largest absolute Gasteiger partial charge is 0.493 e. The van der Waals surface area contributed by atoms with Crippen LogP contribution >= 0.6 is 0 Å². The smallest absolute Gasteiger partial charge is 0.122 e. The zero-order chi connectivity index (χ0) is 13.9. The summed E-state index contributed by atoms with van der Waals surface area (Å²) in [7, 11) is 4.44.